The Bertz CT molecular complexity index is 881. The van der Waals surface area contributed by atoms with Crippen molar-refractivity contribution in [3.05, 3.63) is 59.2 Å². The first-order chi connectivity index (χ1) is 12.4. The molecule has 1 unspecified atom stereocenters. The van der Waals surface area contributed by atoms with Gasteiger partial charge in [0.2, 0.25) is 0 Å². The molecule has 4 rings (SSSR count). The molecule has 2 saturated heterocycles. The lowest BCUT2D eigenvalue weighted by Crippen LogP contribution is -2.49. The molecule has 2 aliphatic rings. The average Bonchev–Trinajstić information content (AvgIpc) is 3.02. The van der Waals surface area contributed by atoms with Gasteiger partial charge in [0.25, 0.3) is 0 Å². The molecule has 134 valence electrons. The molecule has 0 radical (unpaired) electrons. The van der Waals surface area contributed by atoms with Crippen LogP contribution in [-0.2, 0) is 20.7 Å². The minimum Gasteiger partial charge on any atom is -0.356 e. The Balaban J connectivity index is 1.76. The van der Waals surface area contributed by atoms with Crippen LogP contribution in [0.4, 0.5) is 0 Å². The van der Waals surface area contributed by atoms with E-state index in [-0.39, 0.29) is 11.6 Å². The third kappa shape index (κ3) is 2.62. The zero-order chi connectivity index (χ0) is 18.5. The Morgan fingerprint density at radius 3 is 2.46 bits per heavy atom. The van der Waals surface area contributed by atoms with Gasteiger partial charge in [-0.1, -0.05) is 55.0 Å². The maximum Gasteiger partial charge on any atom is 0.179 e. The summed E-state index contributed by atoms with van der Waals surface area (Å²) in [6.07, 6.45) is 1.65. The molecule has 3 nitrogen and oxygen atoms in total. The Hall–Kier alpha value is -2.26. The van der Waals surface area contributed by atoms with Crippen molar-refractivity contribution in [3.8, 4) is 11.1 Å². The van der Waals surface area contributed by atoms with Crippen molar-refractivity contribution < 1.29 is 14.3 Å². The molecule has 2 aromatic carbocycles. The molecule has 0 N–H and O–H groups in total. The number of rotatable bonds is 3. The number of aryl methyl sites for hydroxylation is 2. The van der Waals surface area contributed by atoms with Crippen LogP contribution in [0.5, 0.6) is 0 Å². The van der Waals surface area contributed by atoms with Crippen LogP contribution in [0.25, 0.3) is 11.1 Å². The van der Waals surface area contributed by atoms with Crippen molar-refractivity contribution in [1.29, 1.82) is 0 Å². The van der Waals surface area contributed by atoms with Gasteiger partial charge in [-0.2, -0.15) is 0 Å². The topological polar surface area (TPSA) is 43.4 Å². The number of benzene rings is 2. The van der Waals surface area contributed by atoms with Crippen LogP contribution in [0.2, 0.25) is 0 Å². The first-order valence-electron chi connectivity index (χ1n) is 9.38. The number of hydrogen-bond donors (Lipinski definition) is 0. The van der Waals surface area contributed by atoms with E-state index in [1.807, 2.05) is 19.1 Å². The lowest BCUT2D eigenvalue weighted by Gasteiger charge is -2.34. The predicted octanol–water partition coefficient (Wildman–Crippen LogP) is 4.40. The summed E-state index contributed by atoms with van der Waals surface area (Å²) in [6.45, 7) is 5.98. The minimum atomic E-state index is -0.802. The summed E-state index contributed by atoms with van der Waals surface area (Å²) >= 11 is 0. The van der Waals surface area contributed by atoms with E-state index in [9.17, 15) is 9.59 Å². The number of hydrogen-bond acceptors (Lipinski definition) is 3. The van der Waals surface area contributed by atoms with Crippen LogP contribution in [-0.4, -0.2) is 23.3 Å². The Labute approximate surface area is 154 Å². The van der Waals surface area contributed by atoms with E-state index in [4.69, 9.17) is 4.74 Å². The monoisotopic (exact) mass is 348 g/mol. The lowest BCUT2D eigenvalue weighted by molar-refractivity contribution is -0.160. The van der Waals surface area contributed by atoms with Gasteiger partial charge >= 0.3 is 0 Å². The Morgan fingerprint density at radius 2 is 1.77 bits per heavy atom. The van der Waals surface area contributed by atoms with Gasteiger partial charge in [-0.3, -0.25) is 9.59 Å². The van der Waals surface area contributed by atoms with Crippen molar-refractivity contribution in [2.75, 3.05) is 0 Å². The molecule has 0 saturated carbocycles. The number of ether oxygens (including phenoxy) is 1. The zero-order valence-corrected chi connectivity index (χ0v) is 15.5. The van der Waals surface area contributed by atoms with Gasteiger partial charge in [-0.25, -0.2) is 0 Å². The first kappa shape index (κ1) is 17.2. The highest BCUT2D eigenvalue weighted by atomic mass is 16.5. The van der Waals surface area contributed by atoms with E-state index in [1.165, 1.54) is 5.56 Å². The highest BCUT2D eigenvalue weighted by molar-refractivity contribution is 6.15. The molecule has 2 aliphatic heterocycles. The highest BCUT2D eigenvalue weighted by Gasteiger charge is 2.55. The normalized spacial score (nSPS) is 27.8. The number of fused-ring (bicyclic) bond motifs is 2. The maximum absolute atomic E-state index is 13.0. The number of carbonyl (C=O) groups excluding carboxylic acids is 2. The third-order valence-corrected chi connectivity index (χ3v) is 5.89. The van der Waals surface area contributed by atoms with E-state index in [1.54, 1.807) is 0 Å². The van der Waals surface area contributed by atoms with Crippen LogP contribution in [0.1, 0.15) is 49.3 Å². The van der Waals surface area contributed by atoms with Crippen molar-refractivity contribution in [2.45, 2.75) is 57.7 Å². The third-order valence-electron chi connectivity index (χ3n) is 5.89. The second kappa shape index (κ2) is 6.17. The smallest absolute Gasteiger partial charge is 0.179 e. The molecule has 2 fully saturated rings. The Morgan fingerprint density at radius 1 is 1.08 bits per heavy atom. The van der Waals surface area contributed by atoms with Gasteiger partial charge in [-0.15, -0.1) is 0 Å². The van der Waals surface area contributed by atoms with Crippen LogP contribution in [0.15, 0.2) is 42.5 Å². The SMILES string of the molecule is CCc1cc(-c2ccc(C)cc2)ccc1C1C(=O)[C@@H]2CC[C@@](C)(O2)C1=O. The van der Waals surface area contributed by atoms with E-state index in [2.05, 4.69) is 44.2 Å². The average molecular weight is 348 g/mol. The molecule has 26 heavy (non-hydrogen) atoms. The van der Waals surface area contributed by atoms with Gasteiger partial charge in [0.1, 0.15) is 17.6 Å². The van der Waals surface area contributed by atoms with Gasteiger partial charge < -0.3 is 4.74 Å². The summed E-state index contributed by atoms with van der Waals surface area (Å²) in [5, 5.41) is 0. The van der Waals surface area contributed by atoms with E-state index < -0.39 is 17.6 Å². The molecular formula is C23H24O3. The van der Waals surface area contributed by atoms with Crippen LogP contribution < -0.4 is 0 Å². The van der Waals surface area contributed by atoms with Crippen molar-refractivity contribution in [2.24, 2.45) is 0 Å². The fourth-order valence-electron chi connectivity index (χ4n) is 4.25. The molecule has 2 heterocycles. The molecule has 0 aliphatic carbocycles. The fourth-order valence-corrected chi connectivity index (χ4v) is 4.25. The van der Waals surface area contributed by atoms with Crippen LogP contribution >= 0.6 is 0 Å². The quantitative estimate of drug-likeness (QED) is 0.772. The molecular weight excluding hydrogens is 324 g/mol. The van der Waals surface area contributed by atoms with Crippen molar-refractivity contribution in [3.63, 3.8) is 0 Å². The summed E-state index contributed by atoms with van der Waals surface area (Å²) in [5.74, 6) is -0.819. The highest BCUT2D eigenvalue weighted by Crippen LogP contribution is 2.44. The van der Waals surface area contributed by atoms with Gasteiger partial charge in [0.15, 0.2) is 11.6 Å². The Kier molecular flexibility index (Phi) is 4.07. The number of carbonyl (C=O) groups is 2. The minimum absolute atomic E-state index is 0.0669. The molecule has 2 bridgehead atoms. The summed E-state index contributed by atoms with van der Waals surface area (Å²) < 4.78 is 5.74. The molecule has 3 heteroatoms. The van der Waals surface area contributed by atoms with Crippen LogP contribution in [0.3, 0.4) is 0 Å². The second-order valence-electron chi connectivity index (χ2n) is 7.71. The molecule has 0 amide bonds. The van der Waals surface area contributed by atoms with E-state index >= 15 is 0 Å². The van der Waals surface area contributed by atoms with Crippen LogP contribution in [0, 0.1) is 6.92 Å². The zero-order valence-electron chi connectivity index (χ0n) is 15.5. The molecule has 2 aromatic rings. The summed E-state index contributed by atoms with van der Waals surface area (Å²) in [5.41, 5.74) is 4.62. The predicted molar refractivity (Wildman–Crippen MR) is 101 cm³/mol. The van der Waals surface area contributed by atoms with E-state index in [0.29, 0.717) is 12.8 Å². The van der Waals surface area contributed by atoms with Gasteiger partial charge in [-0.05, 0) is 55.4 Å². The number of Topliss-reactive ketones (excluding diaryl/α,β-unsaturated/α-hetero) is 2. The summed E-state index contributed by atoms with van der Waals surface area (Å²) in [4.78, 5) is 25.9. The lowest BCUT2D eigenvalue weighted by atomic mass is 9.78. The molecule has 0 aromatic heterocycles. The van der Waals surface area contributed by atoms with Gasteiger partial charge in [0, 0.05) is 0 Å². The maximum atomic E-state index is 13.0. The molecule has 0 spiro atoms. The fraction of sp³-hybridized carbons (Fsp3) is 0.391. The first-order valence-corrected chi connectivity index (χ1v) is 9.38. The standard InChI is InChI=1S/C23H24O3/c1-4-15-13-17(16-7-5-14(2)6-8-16)9-10-18(15)20-21(24)19-11-12-23(3,26-19)22(20)25/h5-10,13,19-20H,4,11-12H2,1-3H3/t19-,20?,23+/m0/s1. The summed E-state index contributed by atoms with van der Waals surface area (Å²) in [7, 11) is 0. The van der Waals surface area contributed by atoms with Gasteiger partial charge in [0.05, 0.1) is 0 Å². The van der Waals surface area contributed by atoms with E-state index in [0.717, 1.165) is 28.7 Å². The molecule has 3 atom stereocenters. The second-order valence-corrected chi connectivity index (χ2v) is 7.71. The number of ketones is 2. The van der Waals surface area contributed by atoms with Crippen molar-refractivity contribution >= 4 is 11.6 Å². The van der Waals surface area contributed by atoms with Crippen molar-refractivity contribution in [1.82, 2.24) is 0 Å². The summed E-state index contributed by atoms with van der Waals surface area (Å²) in [6, 6.07) is 14.5. The largest absolute Gasteiger partial charge is 0.356 e.